The average Bonchev–Trinajstić information content (AvgIpc) is 2.58. The number of amides is 2. The minimum atomic E-state index is -0.300. The minimum Gasteiger partial charge on any atom is -0.376 e. The van der Waals surface area contributed by atoms with Crippen LogP contribution in [0.1, 0.15) is 19.8 Å². The summed E-state index contributed by atoms with van der Waals surface area (Å²) >= 11 is 17.8. The third-order valence-corrected chi connectivity index (χ3v) is 4.40. The van der Waals surface area contributed by atoms with E-state index in [-0.39, 0.29) is 18.4 Å². The van der Waals surface area contributed by atoms with Crippen molar-refractivity contribution >= 4 is 63.7 Å². The van der Waals surface area contributed by atoms with Crippen LogP contribution >= 0.6 is 34.8 Å². The van der Waals surface area contributed by atoms with Crippen molar-refractivity contribution in [3.05, 3.63) is 51.5 Å². The van der Waals surface area contributed by atoms with Crippen molar-refractivity contribution in [2.75, 3.05) is 22.5 Å². The van der Waals surface area contributed by atoms with Gasteiger partial charge in [0.2, 0.25) is 11.8 Å². The van der Waals surface area contributed by atoms with Gasteiger partial charge in [-0.2, -0.15) is 0 Å². The highest BCUT2D eigenvalue weighted by molar-refractivity contribution is 6.44. The van der Waals surface area contributed by atoms with Gasteiger partial charge in [0, 0.05) is 17.8 Å². The smallest absolute Gasteiger partial charge is 0.243 e. The van der Waals surface area contributed by atoms with Gasteiger partial charge < -0.3 is 16.0 Å². The molecule has 0 unspecified atom stereocenters. The van der Waals surface area contributed by atoms with Gasteiger partial charge in [-0.25, -0.2) is 0 Å². The standard InChI is InChI=1S/C18H18Cl3N3O2/c1-2-4-17(25)23-12-6-3-5-11(7-12)22-10-18(26)24-16-9-14(20)13(19)8-15(16)21/h3,5-9,22H,2,4,10H2,1H3,(H,23,25)(H,24,26). The van der Waals surface area contributed by atoms with Gasteiger partial charge in [-0.1, -0.05) is 47.8 Å². The molecular formula is C18H18Cl3N3O2. The molecule has 0 bridgehead atoms. The lowest BCUT2D eigenvalue weighted by Crippen LogP contribution is -2.22. The Morgan fingerprint density at radius 3 is 2.31 bits per heavy atom. The van der Waals surface area contributed by atoms with Crippen molar-refractivity contribution in [1.29, 1.82) is 0 Å². The zero-order valence-electron chi connectivity index (χ0n) is 14.0. The molecular weight excluding hydrogens is 397 g/mol. The molecule has 0 radical (unpaired) electrons. The molecule has 0 heterocycles. The number of rotatable bonds is 7. The predicted octanol–water partition coefficient (Wildman–Crippen LogP) is 5.44. The zero-order chi connectivity index (χ0) is 19.1. The van der Waals surface area contributed by atoms with Crippen LogP contribution in [0, 0.1) is 0 Å². The summed E-state index contributed by atoms with van der Waals surface area (Å²) in [5.74, 6) is -0.345. The lowest BCUT2D eigenvalue weighted by molar-refractivity contribution is -0.116. The van der Waals surface area contributed by atoms with Gasteiger partial charge >= 0.3 is 0 Å². The molecule has 0 aromatic heterocycles. The molecule has 0 atom stereocenters. The fourth-order valence-corrected chi connectivity index (χ4v) is 2.75. The lowest BCUT2D eigenvalue weighted by atomic mass is 10.2. The van der Waals surface area contributed by atoms with Crippen LogP contribution in [0.2, 0.25) is 15.1 Å². The Morgan fingerprint density at radius 2 is 1.58 bits per heavy atom. The Bertz CT molecular complexity index is 812. The molecule has 0 spiro atoms. The average molecular weight is 415 g/mol. The Labute approximate surface area is 167 Å². The largest absolute Gasteiger partial charge is 0.376 e. The molecule has 26 heavy (non-hydrogen) atoms. The number of halogens is 3. The molecule has 0 saturated carbocycles. The monoisotopic (exact) mass is 413 g/mol. The molecule has 2 rings (SSSR count). The van der Waals surface area contributed by atoms with Crippen molar-refractivity contribution < 1.29 is 9.59 Å². The number of carbonyl (C=O) groups excluding carboxylic acids is 2. The second kappa shape index (κ2) is 9.67. The molecule has 2 aromatic carbocycles. The van der Waals surface area contributed by atoms with E-state index in [4.69, 9.17) is 34.8 Å². The number of nitrogens with one attached hydrogen (secondary N) is 3. The van der Waals surface area contributed by atoms with E-state index < -0.39 is 0 Å². The van der Waals surface area contributed by atoms with Gasteiger partial charge in [-0.3, -0.25) is 9.59 Å². The number of hydrogen-bond acceptors (Lipinski definition) is 3. The molecule has 0 saturated heterocycles. The van der Waals surface area contributed by atoms with Gasteiger partial charge in [-0.05, 0) is 36.8 Å². The van der Waals surface area contributed by atoms with Crippen LogP contribution < -0.4 is 16.0 Å². The third kappa shape index (κ3) is 6.09. The predicted molar refractivity (Wildman–Crippen MR) is 109 cm³/mol. The molecule has 0 aliphatic carbocycles. The molecule has 2 aromatic rings. The molecule has 8 heteroatoms. The van der Waals surface area contributed by atoms with Crippen LogP contribution in [-0.4, -0.2) is 18.4 Å². The van der Waals surface area contributed by atoms with Crippen LogP contribution in [0.3, 0.4) is 0 Å². The van der Waals surface area contributed by atoms with Gasteiger partial charge in [-0.15, -0.1) is 0 Å². The highest BCUT2D eigenvalue weighted by atomic mass is 35.5. The van der Waals surface area contributed by atoms with E-state index in [1.807, 2.05) is 6.92 Å². The summed E-state index contributed by atoms with van der Waals surface area (Å²) in [5.41, 5.74) is 1.75. The van der Waals surface area contributed by atoms with E-state index in [0.29, 0.717) is 38.6 Å². The van der Waals surface area contributed by atoms with Gasteiger partial charge in [0.05, 0.1) is 27.3 Å². The maximum absolute atomic E-state index is 12.1. The van der Waals surface area contributed by atoms with Crippen LogP contribution in [0.4, 0.5) is 17.1 Å². The second-order valence-electron chi connectivity index (χ2n) is 5.53. The van der Waals surface area contributed by atoms with E-state index >= 15 is 0 Å². The van der Waals surface area contributed by atoms with Crippen LogP contribution in [0.5, 0.6) is 0 Å². The first-order chi connectivity index (χ1) is 12.4. The summed E-state index contributed by atoms with van der Waals surface area (Å²) in [6.07, 6.45) is 1.24. The molecule has 138 valence electrons. The van der Waals surface area contributed by atoms with E-state index in [1.165, 1.54) is 12.1 Å². The molecule has 0 aliphatic rings. The van der Waals surface area contributed by atoms with Crippen molar-refractivity contribution in [1.82, 2.24) is 0 Å². The molecule has 3 N–H and O–H groups in total. The maximum Gasteiger partial charge on any atom is 0.243 e. The van der Waals surface area contributed by atoms with Crippen LogP contribution in [0.15, 0.2) is 36.4 Å². The first-order valence-corrected chi connectivity index (χ1v) is 9.10. The van der Waals surface area contributed by atoms with Crippen LogP contribution in [0.25, 0.3) is 0 Å². The molecule has 2 amide bonds. The first kappa shape index (κ1) is 20.4. The number of benzene rings is 2. The number of anilines is 3. The van der Waals surface area contributed by atoms with Crippen molar-refractivity contribution in [3.8, 4) is 0 Å². The highest BCUT2D eigenvalue weighted by Gasteiger charge is 2.09. The molecule has 5 nitrogen and oxygen atoms in total. The lowest BCUT2D eigenvalue weighted by Gasteiger charge is -2.11. The van der Waals surface area contributed by atoms with E-state index in [2.05, 4.69) is 16.0 Å². The topological polar surface area (TPSA) is 70.2 Å². The third-order valence-electron chi connectivity index (χ3n) is 3.36. The maximum atomic E-state index is 12.1. The van der Waals surface area contributed by atoms with E-state index in [1.54, 1.807) is 24.3 Å². The summed E-state index contributed by atoms with van der Waals surface area (Å²) in [7, 11) is 0. The summed E-state index contributed by atoms with van der Waals surface area (Å²) in [6.45, 7) is 1.96. The Kier molecular flexibility index (Phi) is 7.57. The van der Waals surface area contributed by atoms with Crippen LogP contribution in [-0.2, 0) is 9.59 Å². The summed E-state index contributed by atoms with van der Waals surface area (Å²) < 4.78 is 0. The summed E-state index contributed by atoms with van der Waals surface area (Å²) in [6, 6.07) is 10.1. The normalized spacial score (nSPS) is 10.3. The van der Waals surface area contributed by atoms with Gasteiger partial charge in [0.15, 0.2) is 0 Å². The van der Waals surface area contributed by atoms with Crippen molar-refractivity contribution in [3.63, 3.8) is 0 Å². The number of carbonyl (C=O) groups is 2. The minimum absolute atomic E-state index is 0.0168. The van der Waals surface area contributed by atoms with Crippen molar-refractivity contribution in [2.24, 2.45) is 0 Å². The Hall–Kier alpha value is -1.95. The van der Waals surface area contributed by atoms with E-state index in [0.717, 1.165) is 6.42 Å². The zero-order valence-corrected chi connectivity index (χ0v) is 16.3. The quantitative estimate of drug-likeness (QED) is 0.529. The Morgan fingerprint density at radius 1 is 0.885 bits per heavy atom. The van der Waals surface area contributed by atoms with E-state index in [9.17, 15) is 9.59 Å². The highest BCUT2D eigenvalue weighted by Crippen LogP contribution is 2.32. The second-order valence-corrected chi connectivity index (χ2v) is 6.75. The summed E-state index contributed by atoms with van der Waals surface area (Å²) in [4.78, 5) is 23.8. The van der Waals surface area contributed by atoms with Crippen molar-refractivity contribution in [2.45, 2.75) is 19.8 Å². The first-order valence-electron chi connectivity index (χ1n) is 7.97. The van der Waals surface area contributed by atoms with Gasteiger partial charge in [0.25, 0.3) is 0 Å². The Balaban J connectivity index is 1.93. The molecule has 0 fully saturated rings. The summed E-state index contributed by atoms with van der Waals surface area (Å²) in [5, 5.41) is 9.38. The number of hydrogen-bond donors (Lipinski definition) is 3. The molecule has 0 aliphatic heterocycles. The fraction of sp³-hybridized carbons (Fsp3) is 0.222. The fourth-order valence-electron chi connectivity index (χ4n) is 2.15. The SMILES string of the molecule is CCCC(=O)Nc1cccc(NCC(=O)Nc2cc(Cl)c(Cl)cc2Cl)c1. The van der Waals surface area contributed by atoms with Gasteiger partial charge in [0.1, 0.15) is 0 Å².